The molecular formula is C14H19NO2S. The lowest BCUT2D eigenvalue weighted by Gasteiger charge is -2.22. The van der Waals surface area contributed by atoms with Crippen LogP contribution in [0.2, 0.25) is 0 Å². The minimum absolute atomic E-state index is 0.111. The molecule has 0 aromatic heterocycles. The van der Waals surface area contributed by atoms with Crippen molar-refractivity contribution in [3.8, 4) is 5.75 Å². The minimum Gasteiger partial charge on any atom is -0.508 e. The largest absolute Gasteiger partial charge is 0.508 e. The zero-order valence-corrected chi connectivity index (χ0v) is 11.2. The van der Waals surface area contributed by atoms with E-state index in [2.05, 4.69) is 5.32 Å². The van der Waals surface area contributed by atoms with Crippen molar-refractivity contribution in [2.45, 2.75) is 43.0 Å². The summed E-state index contributed by atoms with van der Waals surface area (Å²) < 4.78 is 0. The number of nitrogens with one attached hydrogen (secondary N) is 1. The van der Waals surface area contributed by atoms with Gasteiger partial charge in [-0.1, -0.05) is 19.3 Å². The minimum atomic E-state index is 0.111. The molecule has 1 aliphatic carbocycles. The van der Waals surface area contributed by atoms with Gasteiger partial charge in [0.25, 0.3) is 0 Å². The predicted octanol–water partition coefficient (Wildman–Crippen LogP) is 2.93. The number of carbonyl (C=O) groups excluding carboxylic acids is 1. The van der Waals surface area contributed by atoms with Crippen LogP contribution in [0.25, 0.3) is 0 Å². The Morgan fingerprint density at radius 2 is 1.89 bits per heavy atom. The molecule has 0 spiro atoms. The Hall–Kier alpha value is -1.16. The van der Waals surface area contributed by atoms with Gasteiger partial charge < -0.3 is 10.4 Å². The lowest BCUT2D eigenvalue weighted by atomic mass is 9.95. The first-order valence-electron chi connectivity index (χ1n) is 6.45. The van der Waals surface area contributed by atoms with Crippen LogP contribution >= 0.6 is 11.8 Å². The highest BCUT2D eigenvalue weighted by atomic mass is 32.2. The Morgan fingerprint density at radius 3 is 2.56 bits per heavy atom. The highest BCUT2D eigenvalue weighted by molar-refractivity contribution is 8.00. The number of phenols is 1. The van der Waals surface area contributed by atoms with Crippen LogP contribution in [0.5, 0.6) is 5.75 Å². The SMILES string of the molecule is O=C(CSc1ccc(O)cc1)NC1CCCCC1. The molecule has 18 heavy (non-hydrogen) atoms. The van der Waals surface area contributed by atoms with E-state index in [1.807, 2.05) is 12.1 Å². The van der Waals surface area contributed by atoms with Gasteiger partial charge >= 0.3 is 0 Å². The Balaban J connectivity index is 1.72. The van der Waals surface area contributed by atoms with Gasteiger partial charge in [-0.2, -0.15) is 0 Å². The second-order valence-corrected chi connectivity index (χ2v) is 5.73. The summed E-state index contributed by atoms with van der Waals surface area (Å²) in [5.74, 6) is 0.812. The van der Waals surface area contributed by atoms with E-state index in [0.29, 0.717) is 11.8 Å². The molecule has 2 rings (SSSR count). The van der Waals surface area contributed by atoms with Gasteiger partial charge in [-0.3, -0.25) is 4.79 Å². The van der Waals surface area contributed by atoms with Crippen molar-refractivity contribution in [1.82, 2.24) is 5.32 Å². The van der Waals surface area contributed by atoms with Crippen molar-refractivity contribution >= 4 is 17.7 Å². The normalized spacial score (nSPS) is 16.4. The summed E-state index contributed by atoms with van der Waals surface area (Å²) in [4.78, 5) is 12.8. The zero-order valence-electron chi connectivity index (χ0n) is 10.4. The lowest BCUT2D eigenvalue weighted by molar-refractivity contribution is -0.119. The summed E-state index contributed by atoms with van der Waals surface area (Å²) in [7, 11) is 0. The molecule has 0 bridgehead atoms. The summed E-state index contributed by atoms with van der Waals surface area (Å²) in [6.45, 7) is 0. The second-order valence-electron chi connectivity index (χ2n) is 4.69. The molecule has 0 aliphatic heterocycles. The number of carbonyl (C=O) groups is 1. The Morgan fingerprint density at radius 1 is 1.22 bits per heavy atom. The summed E-state index contributed by atoms with van der Waals surface area (Å²) in [5.41, 5.74) is 0. The highest BCUT2D eigenvalue weighted by Crippen LogP contribution is 2.21. The molecule has 1 aliphatic rings. The maximum Gasteiger partial charge on any atom is 0.230 e. The first-order valence-corrected chi connectivity index (χ1v) is 7.44. The van der Waals surface area contributed by atoms with Crippen LogP contribution in [0, 0.1) is 0 Å². The summed E-state index contributed by atoms with van der Waals surface area (Å²) in [6.07, 6.45) is 6.01. The summed E-state index contributed by atoms with van der Waals surface area (Å²) in [5, 5.41) is 12.3. The van der Waals surface area contributed by atoms with E-state index >= 15 is 0 Å². The van der Waals surface area contributed by atoms with Gasteiger partial charge in [-0.25, -0.2) is 0 Å². The smallest absolute Gasteiger partial charge is 0.230 e. The average Bonchev–Trinajstić information content (AvgIpc) is 2.39. The molecule has 3 nitrogen and oxygen atoms in total. The quantitative estimate of drug-likeness (QED) is 0.823. The van der Waals surface area contributed by atoms with Crippen molar-refractivity contribution < 1.29 is 9.90 Å². The molecule has 0 saturated heterocycles. The van der Waals surface area contributed by atoms with E-state index in [1.165, 1.54) is 31.0 Å². The van der Waals surface area contributed by atoms with Crippen LogP contribution in [-0.2, 0) is 4.79 Å². The third kappa shape index (κ3) is 4.26. The Labute approximate surface area is 112 Å². The standard InChI is InChI=1S/C14H19NO2S/c16-12-6-8-13(9-7-12)18-10-14(17)15-11-4-2-1-3-5-11/h6-9,11,16H,1-5,10H2,(H,15,17). The monoisotopic (exact) mass is 265 g/mol. The number of amides is 1. The first-order chi connectivity index (χ1) is 8.74. The maximum absolute atomic E-state index is 11.8. The zero-order chi connectivity index (χ0) is 12.8. The van der Waals surface area contributed by atoms with Gasteiger partial charge in [0.1, 0.15) is 5.75 Å². The number of phenolic OH excluding ortho intramolecular Hbond substituents is 1. The van der Waals surface area contributed by atoms with Gasteiger partial charge in [0.2, 0.25) is 5.91 Å². The Kier molecular flexibility index (Phi) is 4.93. The average molecular weight is 265 g/mol. The van der Waals surface area contributed by atoms with E-state index in [9.17, 15) is 4.79 Å². The number of rotatable bonds is 4. The molecule has 0 atom stereocenters. The van der Waals surface area contributed by atoms with Crippen molar-refractivity contribution in [3.63, 3.8) is 0 Å². The third-order valence-electron chi connectivity index (χ3n) is 3.18. The molecule has 1 amide bonds. The van der Waals surface area contributed by atoms with Crippen LogP contribution in [0.4, 0.5) is 0 Å². The number of hydrogen-bond donors (Lipinski definition) is 2. The number of thioether (sulfide) groups is 1. The molecule has 4 heteroatoms. The van der Waals surface area contributed by atoms with Crippen LogP contribution in [0.15, 0.2) is 29.2 Å². The van der Waals surface area contributed by atoms with Gasteiger partial charge in [-0.15, -0.1) is 11.8 Å². The highest BCUT2D eigenvalue weighted by Gasteiger charge is 2.15. The van der Waals surface area contributed by atoms with Crippen LogP contribution in [0.3, 0.4) is 0 Å². The molecule has 0 radical (unpaired) electrons. The van der Waals surface area contributed by atoms with Crippen molar-refractivity contribution in [2.24, 2.45) is 0 Å². The second kappa shape index (κ2) is 6.69. The maximum atomic E-state index is 11.8. The Bertz CT molecular complexity index is 385. The van der Waals surface area contributed by atoms with E-state index in [1.54, 1.807) is 12.1 Å². The molecule has 98 valence electrons. The number of hydrogen-bond acceptors (Lipinski definition) is 3. The fourth-order valence-electron chi connectivity index (χ4n) is 2.21. The fourth-order valence-corrected chi connectivity index (χ4v) is 2.92. The van der Waals surface area contributed by atoms with Crippen LogP contribution < -0.4 is 5.32 Å². The molecule has 0 heterocycles. The van der Waals surface area contributed by atoms with Gasteiger partial charge in [0.05, 0.1) is 5.75 Å². The molecule has 1 saturated carbocycles. The summed E-state index contributed by atoms with van der Waals surface area (Å²) in [6, 6.07) is 7.32. The van der Waals surface area contributed by atoms with E-state index < -0.39 is 0 Å². The molecule has 1 fully saturated rings. The van der Waals surface area contributed by atoms with Crippen molar-refractivity contribution in [1.29, 1.82) is 0 Å². The van der Waals surface area contributed by atoms with Gasteiger partial charge in [-0.05, 0) is 37.1 Å². The molecule has 2 N–H and O–H groups in total. The first kappa shape index (κ1) is 13.3. The van der Waals surface area contributed by atoms with E-state index in [4.69, 9.17) is 5.11 Å². The third-order valence-corrected chi connectivity index (χ3v) is 4.19. The molecule has 1 aromatic carbocycles. The van der Waals surface area contributed by atoms with E-state index in [0.717, 1.165) is 17.7 Å². The van der Waals surface area contributed by atoms with Crippen molar-refractivity contribution in [2.75, 3.05) is 5.75 Å². The fraction of sp³-hybridized carbons (Fsp3) is 0.500. The number of benzene rings is 1. The summed E-state index contributed by atoms with van der Waals surface area (Å²) >= 11 is 1.50. The molecule has 0 unspecified atom stereocenters. The van der Waals surface area contributed by atoms with Gasteiger partial charge in [0.15, 0.2) is 0 Å². The van der Waals surface area contributed by atoms with Gasteiger partial charge in [0, 0.05) is 10.9 Å². The van der Waals surface area contributed by atoms with Crippen LogP contribution in [-0.4, -0.2) is 22.8 Å². The van der Waals surface area contributed by atoms with Crippen molar-refractivity contribution in [3.05, 3.63) is 24.3 Å². The lowest BCUT2D eigenvalue weighted by Crippen LogP contribution is -2.37. The topological polar surface area (TPSA) is 49.3 Å². The number of aromatic hydroxyl groups is 1. The molecule has 1 aromatic rings. The van der Waals surface area contributed by atoms with Crippen LogP contribution in [0.1, 0.15) is 32.1 Å². The van der Waals surface area contributed by atoms with E-state index in [-0.39, 0.29) is 11.7 Å². The molecular weight excluding hydrogens is 246 g/mol. The predicted molar refractivity (Wildman–Crippen MR) is 73.8 cm³/mol.